The van der Waals surface area contributed by atoms with Gasteiger partial charge in [0.15, 0.2) is 5.82 Å². The highest BCUT2D eigenvalue weighted by atomic mass is 14.9. The molecule has 3 aromatic heterocycles. The lowest BCUT2D eigenvalue weighted by Crippen LogP contribution is -2.55. The van der Waals surface area contributed by atoms with Crippen molar-refractivity contribution in [3.05, 3.63) is 157 Å². The van der Waals surface area contributed by atoms with Gasteiger partial charge in [0.25, 0.3) is 0 Å². The summed E-state index contributed by atoms with van der Waals surface area (Å²) in [5.74, 6) is 2.21. The number of fused-ring (bicyclic) bond motifs is 1. The van der Waals surface area contributed by atoms with Crippen molar-refractivity contribution in [2.45, 2.75) is 49.4 Å². The van der Waals surface area contributed by atoms with Crippen LogP contribution in [-0.4, -0.2) is 19.9 Å². The third-order valence-corrected chi connectivity index (χ3v) is 12.3. The van der Waals surface area contributed by atoms with Gasteiger partial charge in [0.05, 0.1) is 23.0 Å². The fourth-order valence-electron chi connectivity index (χ4n) is 10.5. The first-order valence-corrected chi connectivity index (χ1v) is 18.4. The second-order valence-electron chi connectivity index (χ2n) is 15.4. The first kappa shape index (κ1) is 30.8. The minimum Gasteiger partial charge on any atom is -0.265 e. The van der Waals surface area contributed by atoms with Gasteiger partial charge >= 0.3 is 0 Å². The van der Waals surface area contributed by atoms with Crippen LogP contribution in [0.1, 0.15) is 55.2 Å². The smallest absolute Gasteiger partial charge is 0.160 e. The van der Waals surface area contributed by atoms with Gasteiger partial charge in [0.2, 0.25) is 0 Å². The van der Waals surface area contributed by atoms with Crippen molar-refractivity contribution in [2.75, 3.05) is 0 Å². The largest absolute Gasteiger partial charge is 0.265 e. The molecule has 0 aliphatic heterocycles. The van der Waals surface area contributed by atoms with Crippen LogP contribution in [0, 0.1) is 23.2 Å². The number of nitrogens with zero attached hydrogens (tertiary/aromatic N) is 5. The standard InChI is InChI=1S/C47H37N5/c48-29-37-9-14-41(42-4-2-1-3-40(37)42)33-5-10-38(11-6-33)46-25-31-23-32(26-46)28-47(27-31,30-46)39-12-7-34(8-13-39)43-24-44(35-15-19-49-20-16-35)52-45(51-43)36-17-21-50-22-18-36/h1-22,24,31-32H,23,25-28,30H2. The Morgan fingerprint density at radius 3 is 1.63 bits per heavy atom. The Morgan fingerprint density at radius 2 is 1.06 bits per heavy atom. The van der Waals surface area contributed by atoms with E-state index in [9.17, 15) is 5.26 Å². The number of aromatic nitrogens is 4. The van der Waals surface area contributed by atoms with Crippen LogP contribution < -0.4 is 0 Å². The normalized spacial score (nSPS) is 23.1. The summed E-state index contributed by atoms with van der Waals surface area (Å²) in [6, 6.07) is 43.6. The lowest BCUT2D eigenvalue weighted by atomic mass is 9.41. The van der Waals surface area contributed by atoms with Crippen molar-refractivity contribution in [1.82, 2.24) is 19.9 Å². The molecule has 4 aliphatic rings. The van der Waals surface area contributed by atoms with Gasteiger partial charge in [0.1, 0.15) is 0 Å². The van der Waals surface area contributed by atoms with Gasteiger partial charge in [-0.2, -0.15) is 5.26 Å². The van der Waals surface area contributed by atoms with E-state index in [1.807, 2.05) is 48.8 Å². The van der Waals surface area contributed by atoms with Crippen LogP contribution in [0.3, 0.4) is 0 Å². The Bertz CT molecular complexity index is 2410. The molecule has 0 radical (unpaired) electrons. The molecule has 0 spiro atoms. The van der Waals surface area contributed by atoms with Gasteiger partial charge in [-0.1, -0.05) is 78.9 Å². The molecule has 2 atom stereocenters. The molecule has 0 amide bonds. The van der Waals surface area contributed by atoms with Crippen molar-refractivity contribution in [1.29, 1.82) is 5.26 Å². The zero-order chi connectivity index (χ0) is 34.7. The summed E-state index contributed by atoms with van der Waals surface area (Å²) in [7, 11) is 0. The van der Waals surface area contributed by atoms with Crippen molar-refractivity contribution in [3.8, 4) is 51.1 Å². The molecule has 3 heterocycles. The quantitative estimate of drug-likeness (QED) is 0.176. The summed E-state index contributed by atoms with van der Waals surface area (Å²) in [4.78, 5) is 18.4. The third kappa shape index (κ3) is 5.13. The molecule has 5 heteroatoms. The molecule has 250 valence electrons. The molecule has 0 N–H and O–H groups in total. The van der Waals surface area contributed by atoms with Crippen molar-refractivity contribution < 1.29 is 0 Å². The van der Waals surface area contributed by atoms with Crippen molar-refractivity contribution >= 4 is 10.8 Å². The number of benzene rings is 4. The topological polar surface area (TPSA) is 75.3 Å². The monoisotopic (exact) mass is 671 g/mol. The molecule has 4 aromatic carbocycles. The molecule has 0 saturated heterocycles. The van der Waals surface area contributed by atoms with Gasteiger partial charge in [-0.25, -0.2) is 9.97 Å². The van der Waals surface area contributed by atoms with E-state index in [2.05, 4.69) is 94.9 Å². The van der Waals surface area contributed by atoms with Crippen molar-refractivity contribution in [2.24, 2.45) is 11.8 Å². The Balaban J connectivity index is 0.978. The molecule has 5 nitrogen and oxygen atoms in total. The fourth-order valence-corrected chi connectivity index (χ4v) is 10.5. The first-order valence-electron chi connectivity index (χ1n) is 18.4. The van der Waals surface area contributed by atoms with Gasteiger partial charge in [-0.15, -0.1) is 0 Å². The second kappa shape index (κ2) is 12.1. The Kier molecular flexibility index (Phi) is 7.15. The second-order valence-corrected chi connectivity index (χ2v) is 15.4. The average Bonchev–Trinajstić information content (AvgIpc) is 3.20. The van der Waals surface area contributed by atoms with Crippen molar-refractivity contribution in [3.63, 3.8) is 0 Å². The molecular formula is C47H37N5. The molecule has 11 rings (SSSR count). The number of hydrogen-bond donors (Lipinski definition) is 0. The Labute approximate surface area is 304 Å². The lowest BCUT2D eigenvalue weighted by molar-refractivity contribution is -0.0281. The summed E-state index contributed by atoms with van der Waals surface area (Å²) in [5, 5.41) is 11.8. The van der Waals surface area contributed by atoms with E-state index in [1.54, 1.807) is 12.4 Å². The highest BCUT2D eigenvalue weighted by Crippen LogP contribution is 2.66. The average molecular weight is 672 g/mol. The van der Waals surface area contributed by atoms with E-state index in [-0.39, 0.29) is 10.8 Å². The van der Waals surface area contributed by atoms with Gasteiger partial charge in [-0.3, -0.25) is 9.97 Å². The summed E-state index contributed by atoms with van der Waals surface area (Å²) < 4.78 is 0. The highest BCUT2D eigenvalue weighted by Gasteiger charge is 2.58. The predicted octanol–water partition coefficient (Wildman–Crippen LogP) is 10.7. The molecule has 4 bridgehead atoms. The van der Waals surface area contributed by atoms with Crippen LogP contribution in [0.15, 0.2) is 140 Å². The maximum absolute atomic E-state index is 9.69. The van der Waals surface area contributed by atoms with Crippen LogP contribution in [0.4, 0.5) is 0 Å². The highest BCUT2D eigenvalue weighted by molar-refractivity contribution is 5.99. The molecule has 4 aliphatic carbocycles. The van der Waals surface area contributed by atoms with Crippen LogP contribution in [-0.2, 0) is 10.8 Å². The van der Waals surface area contributed by atoms with Crippen LogP contribution in [0.2, 0.25) is 0 Å². The van der Waals surface area contributed by atoms with E-state index >= 15 is 0 Å². The van der Waals surface area contributed by atoms with Crippen LogP contribution in [0.5, 0.6) is 0 Å². The first-order chi connectivity index (χ1) is 25.6. The van der Waals surface area contributed by atoms with E-state index in [0.29, 0.717) is 5.82 Å². The van der Waals surface area contributed by atoms with E-state index in [1.165, 1.54) is 60.8 Å². The summed E-state index contributed by atoms with van der Waals surface area (Å²) in [6.07, 6.45) is 14.9. The zero-order valence-corrected chi connectivity index (χ0v) is 28.9. The van der Waals surface area contributed by atoms with Gasteiger partial charge in [0, 0.05) is 46.9 Å². The maximum atomic E-state index is 9.69. The number of nitriles is 1. The van der Waals surface area contributed by atoms with E-state index < -0.39 is 0 Å². The summed E-state index contributed by atoms with van der Waals surface area (Å²) in [6.45, 7) is 0. The molecule has 2 unspecified atom stereocenters. The Morgan fingerprint density at radius 1 is 0.538 bits per heavy atom. The summed E-state index contributed by atoms with van der Waals surface area (Å²) in [5.41, 5.74) is 11.4. The van der Waals surface area contributed by atoms with Gasteiger partial charge < -0.3 is 0 Å². The van der Waals surface area contributed by atoms with Gasteiger partial charge in [-0.05, 0) is 125 Å². The van der Waals surface area contributed by atoms with E-state index in [4.69, 9.17) is 9.97 Å². The zero-order valence-electron chi connectivity index (χ0n) is 28.9. The molecule has 52 heavy (non-hydrogen) atoms. The Hall–Kier alpha value is -5.99. The molecule has 7 aromatic rings. The predicted molar refractivity (Wildman–Crippen MR) is 206 cm³/mol. The SMILES string of the molecule is N#Cc1ccc(-c2ccc(C34CC5CC(CC(c6ccc(-c7cc(-c8ccncc8)nc(-c8ccncc8)n7)cc6)(C5)C3)C4)cc2)c2ccccc12. The minimum absolute atomic E-state index is 0.195. The number of rotatable bonds is 6. The molecule has 4 fully saturated rings. The lowest BCUT2D eigenvalue weighted by Gasteiger charge is -2.63. The maximum Gasteiger partial charge on any atom is 0.160 e. The van der Waals surface area contributed by atoms with Crippen LogP contribution >= 0.6 is 0 Å². The molecule has 4 saturated carbocycles. The fraction of sp³-hybridized carbons (Fsp3) is 0.213. The number of hydrogen-bond acceptors (Lipinski definition) is 5. The molecular weight excluding hydrogens is 635 g/mol. The minimum atomic E-state index is 0.195. The van der Waals surface area contributed by atoms with E-state index in [0.717, 1.165) is 56.2 Å². The third-order valence-electron chi connectivity index (χ3n) is 12.3. The van der Waals surface area contributed by atoms with Crippen LogP contribution in [0.25, 0.3) is 55.8 Å². The number of pyridine rings is 2. The summed E-state index contributed by atoms with van der Waals surface area (Å²) >= 11 is 0.